The fraction of sp³-hybridized carbons (Fsp3) is 0.250. The molecule has 0 aromatic heterocycles. The number of carbonyl (C=O) groups excluding carboxylic acids is 2. The number of amides is 3. The summed E-state index contributed by atoms with van der Waals surface area (Å²) in [5.74, 6) is -1.51. The summed E-state index contributed by atoms with van der Waals surface area (Å²) in [5.41, 5.74) is -0.292. The molecule has 0 bridgehead atoms. The second-order valence-electron chi connectivity index (χ2n) is 3.92. The summed E-state index contributed by atoms with van der Waals surface area (Å²) >= 11 is 11.6. The lowest BCUT2D eigenvalue weighted by Gasteiger charge is -2.12. The molecule has 114 valence electrons. The van der Waals surface area contributed by atoms with Crippen molar-refractivity contribution < 1.29 is 19.5 Å². The summed E-state index contributed by atoms with van der Waals surface area (Å²) in [6.45, 7) is 0.0963. The maximum atomic E-state index is 11.7. The lowest BCUT2D eigenvalue weighted by molar-refractivity contribution is -0.120. The number of benzene rings is 1. The predicted molar refractivity (Wildman–Crippen MR) is 79.1 cm³/mol. The SMILES string of the molecule is CNC(=O)CCNC(=O)Nc1c(Cl)cc(Cl)cc1C(=O)O. The van der Waals surface area contributed by atoms with Crippen molar-refractivity contribution in [3.05, 3.63) is 27.7 Å². The zero-order chi connectivity index (χ0) is 16.0. The molecule has 9 heteroatoms. The van der Waals surface area contributed by atoms with Crippen molar-refractivity contribution in [2.24, 2.45) is 0 Å². The summed E-state index contributed by atoms with van der Waals surface area (Å²) < 4.78 is 0. The third-order valence-electron chi connectivity index (χ3n) is 2.44. The zero-order valence-corrected chi connectivity index (χ0v) is 12.5. The van der Waals surface area contributed by atoms with Crippen LogP contribution in [0, 0.1) is 0 Å². The Balaban J connectivity index is 2.76. The van der Waals surface area contributed by atoms with Crippen LogP contribution in [0.1, 0.15) is 16.8 Å². The average molecular weight is 334 g/mol. The largest absolute Gasteiger partial charge is 0.478 e. The molecule has 1 rings (SSSR count). The van der Waals surface area contributed by atoms with E-state index < -0.39 is 12.0 Å². The second kappa shape index (κ2) is 7.70. The molecule has 4 N–H and O–H groups in total. The predicted octanol–water partition coefficient (Wildman–Crippen LogP) is 1.95. The Kier molecular flexibility index (Phi) is 6.26. The molecule has 0 heterocycles. The van der Waals surface area contributed by atoms with Gasteiger partial charge in [0.2, 0.25) is 5.91 Å². The Hall–Kier alpha value is -1.99. The molecule has 21 heavy (non-hydrogen) atoms. The van der Waals surface area contributed by atoms with E-state index in [9.17, 15) is 14.4 Å². The molecule has 1 aromatic carbocycles. The van der Waals surface area contributed by atoms with Gasteiger partial charge in [0, 0.05) is 25.0 Å². The van der Waals surface area contributed by atoms with Gasteiger partial charge < -0.3 is 21.1 Å². The van der Waals surface area contributed by atoms with Crippen molar-refractivity contribution in [1.82, 2.24) is 10.6 Å². The number of hydrogen-bond donors (Lipinski definition) is 4. The monoisotopic (exact) mass is 333 g/mol. The molecule has 0 spiro atoms. The molecule has 0 unspecified atom stereocenters. The maximum absolute atomic E-state index is 11.7. The maximum Gasteiger partial charge on any atom is 0.337 e. The Morgan fingerprint density at radius 3 is 2.48 bits per heavy atom. The molecule has 0 aliphatic heterocycles. The van der Waals surface area contributed by atoms with Crippen molar-refractivity contribution in [3.63, 3.8) is 0 Å². The van der Waals surface area contributed by atoms with E-state index in [2.05, 4.69) is 16.0 Å². The lowest BCUT2D eigenvalue weighted by Crippen LogP contribution is -2.33. The molecule has 0 radical (unpaired) electrons. The number of anilines is 1. The topological polar surface area (TPSA) is 108 Å². The number of urea groups is 1. The van der Waals surface area contributed by atoms with Crippen LogP contribution >= 0.6 is 23.2 Å². The van der Waals surface area contributed by atoms with Gasteiger partial charge in [-0.3, -0.25) is 4.79 Å². The Labute approximate surface area is 130 Å². The number of carboxylic acid groups (broad SMARTS) is 1. The van der Waals surface area contributed by atoms with E-state index in [4.69, 9.17) is 28.3 Å². The summed E-state index contributed by atoms with van der Waals surface area (Å²) in [7, 11) is 1.48. The number of rotatable bonds is 5. The van der Waals surface area contributed by atoms with E-state index in [1.54, 1.807) is 0 Å². The molecule has 1 aromatic rings. The molecule has 0 aliphatic carbocycles. The minimum Gasteiger partial charge on any atom is -0.478 e. The van der Waals surface area contributed by atoms with Gasteiger partial charge in [0.15, 0.2) is 0 Å². The van der Waals surface area contributed by atoms with E-state index in [1.165, 1.54) is 19.2 Å². The normalized spacial score (nSPS) is 9.86. The standard InChI is InChI=1S/C12H13Cl2N3O4/c1-15-9(18)2-3-16-12(21)17-10-7(11(19)20)4-6(13)5-8(10)14/h4-5H,2-3H2,1H3,(H,15,18)(H,19,20)(H2,16,17,21). The average Bonchev–Trinajstić information content (AvgIpc) is 2.41. The molecule has 7 nitrogen and oxygen atoms in total. The summed E-state index contributed by atoms with van der Waals surface area (Å²) in [5, 5.41) is 16.3. The fourth-order valence-corrected chi connectivity index (χ4v) is 1.98. The first kappa shape index (κ1) is 17.1. The van der Waals surface area contributed by atoms with Crippen LogP contribution in [0.3, 0.4) is 0 Å². The number of halogens is 2. The third-order valence-corrected chi connectivity index (χ3v) is 2.96. The van der Waals surface area contributed by atoms with E-state index >= 15 is 0 Å². The van der Waals surface area contributed by atoms with Gasteiger partial charge in [-0.25, -0.2) is 9.59 Å². The molecular formula is C12H13Cl2N3O4. The zero-order valence-electron chi connectivity index (χ0n) is 11.0. The van der Waals surface area contributed by atoms with Crippen molar-refractivity contribution in [1.29, 1.82) is 0 Å². The van der Waals surface area contributed by atoms with Gasteiger partial charge in [-0.15, -0.1) is 0 Å². The van der Waals surface area contributed by atoms with Crippen LogP contribution < -0.4 is 16.0 Å². The number of nitrogens with one attached hydrogen (secondary N) is 3. The van der Waals surface area contributed by atoms with Crippen LogP contribution in [0.5, 0.6) is 0 Å². The van der Waals surface area contributed by atoms with E-state index in [1.807, 2.05) is 0 Å². The summed E-state index contributed by atoms with van der Waals surface area (Å²) in [6, 6.07) is 1.82. The van der Waals surface area contributed by atoms with Crippen LogP contribution in [-0.4, -0.2) is 36.6 Å². The van der Waals surface area contributed by atoms with Crippen molar-refractivity contribution in [2.45, 2.75) is 6.42 Å². The molecule has 0 aliphatic rings. The highest BCUT2D eigenvalue weighted by molar-refractivity contribution is 6.37. The van der Waals surface area contributed by atoms with Crippen molar-refractivity contribution in [2.75, 3.05) is 18.9 Å². The Morgan fingerprint density at radius 2 is 1.90 bits per heavy atom. The van der Waals surface area contributed by atoms with Gasteiger partial charge in [0.25, 0.3) is 0 Å². The summed E-state index contributed by atoms with van der Waals surface area (Å²) in [6.07, 6.45) is 0.101. The summed E-state index contributed by atoms with van der Waals surface area (Å²) in [4.78, 5) is 33.8. The van der Waals surface area contributed by atoms with Gasteiger partial charge in [0.05, 0.1) is 16.3 Å². The number of hydrogen-bond acceptors (Lipinski definition) is 3. The number of carboxylic acids is 1. The highest BCUT2D eigenvalue weighted by Crippen LogP contribution is 2.30. The van der Waals surface area contributed by atoms with E-state index in [0.29, 0.717) is 0 Å². The molecular weight excluding hydrogens is 321 g/mol. The molecule has 0 atom stereocenters. The van der Waals surface area contributed by atoms with Crippen molar-refractivity contribution in [3.8, 4) is 0 Å². The van der Waals surface area contributed by atoms with Crippen LogP contribution in [0.25, 0.3) is 0 Å². The smallest absolute Gasteiger partial charge is 0.337 e. The quantitative estimate of drug-likeness (QED) is 0.660. The number of carbonyl (C=O) groups is 3. The van der Waals surface area contributed by atoms with Crippen LogP contribution in [-0.2, 0) is 4.79 Å². The first-order valence-electron chi connectivity index (χ1n) is 5.83. The Bertz CT molecular complexity index is 578. The third kappa shape index (κ3) is 5.13. The highest BCUT2D eigenvalue weighted by atomic mass is 35.5. The van der Waals surface area contributed by atoms with Crippen molar-refractivity contribution >= 4 is 46.8 Å². The lowest BCUT2D eigenvalue weighted by atomic mass is 10.2. The first-order chi connectivity index (χ1) is 9.85. The number of aromatic carboxylic acids is 1. The highest BCUT2D eigenvalue weighted by Gasteiger charge is 2.17. The minimum atomic E-state index is -1.28. The van der Waals surface area contributed by atoms with E-state index in [-0.39, 0.29) is 40.2 Å². The second-order valence-corrected chi connectivity index (χ2v) is 4.76. The van der Waals surface area contributed by atoms with Gasteiger partial charge in [-0.1, -0.05) is 23.2 Å². The minimum absolute atomic E-state index is 0.00125. The van der Waals surface area contributed by atoms with Crippen LogP contribution in [0.4, 0.5) is 10.5 Å². The van der Waals surface area contributed by atoms with Gasteiger partial charge in [-0.2, -0.15) is 0 Å². The van der Waals surface area contributed by atoms with Crippen LogP contribution in [0.2, 0.25) is 10.0 Å². The van der Waals surface area contributed by atoms with Gasteiger partial charge in [-0.05, 0) is 12.1 Å². The fourth-order valence-electron chi connectivity index (χ4n) is 1.44. The van der Waals surface area contributed by atoms with Crippen LogP contribution in [0.15, 0.2) is 12.1 Å². The van der Waals surface area contributed by atoms with Gasteiger partial charge >= 0.3 is 12.0 Å². The van der Waals surface area contributed by atoms with Gasteiger partial charge in [0.1, 0.15) is 0 Å². The molecule has 0 saturated carbocycles. The Morgan fingerprint density at radius 1 is 1.24 bits per heavy atom. The van der Waals surface area contributed by atoms with E-state index in [0.717, 1.165) is 0 Å². The molecule has 3 amide bonds. The molecule has 0 saturated heterocycles. The molecule has 0 fully saturated rings. The first-order valence-corrected chi connectivity index (χ1v) is 6.58.